The van der Waals surface area contributed by atoms with Crippen LogP contribution in [0.2, 0.25) is 0 Å². The largest absolute Gasteiger partial charge is 0.476 e. The lowest BCUT2D eigenvalue weighted by atomic mass is 10.1. The highest BCUT2D eigenvalue weighted by molar-refractivity contribution is 6.07. The van der Waals surface area contributed by atoms with Crippen molar-refractivity contribution >= 4 is 17.6 Å². The molecule has 0 aromatic carbocycles. The predicted octanol–water partition coefficient (Wildman–Crippen LogP) is 0.732. The molecular formula is C13H12N4O4. The molecule has 21 heavy (non-hydrogen) atoms. The van der Waals surface area contributed by atoms with Gasteiger partial charge in [-0.15, -0.1) is 0 Å². The van der Waals surface area contributed by atoms with Crippen molar-refractivity contribution in [3.63, 3.8) is 0 Å². The Labute approximate surface area is 118 Å². The Morgan fingerprint density at radius 3 is 2.71 bits per heavy atom. The standard InChI is InChI=1S/C13H12N4O4/c1-6-7(2)16-17-12(19)9(6)11(18)15-8-4-3-5-14-10(8)13(20)21/h3-5H,1-2H3,(H,15,18)(H,17,19)(H,20,21). The van der Waals surface area contributed by atoms with Gasteiger partial charge in [0.1, 0.15) is 5.56 Å². The normalized spacial score (nSPS) is 10.2. The van der Waals surface area contributed by atoms with Gasteiger partial charge in [-0.1, -0.05) is 0 Å². The number of aryl methyl sites for hydroxylation is 1. The number of carboxylic acid groups (broad SMARTS) is 1. The minimum Gasteiger partial charge on any atom is -0.476 e. The van der Waals surface area contributed by atoms with Crippen LogP contribution in [0.4, 0.5) is 5.69 Å². The first kappa shape index (κ1) is 14.4. The van der Waals surface area contributed by atoms with E-state index in [1.54, 1.807) is 13.8 Å². The molecular weight excluding hydrogens is 276 g/mol. The van der Waals surface area contributed by atoms with Crippen LogP contribution in [0.25, 0.3) is 0 Å². The van der Waals surface area contributed by atoms with Gasteiger partial charge in [-0.3, -0.25) is 9.59 Å². The van der Waals surface area contributed by atoms with Crippen molar-refractivity contribution < 1.29 is 14.7 Å². The quantitative estimate of drug-likeness (QED) is 0.764. The second-order valence-corrected chi connectivity index (χ2v) is 4.30. The Hall–Kier alpha value is -3.03. The van der Waals surface area contributed by atoms with Gasteiger partial charge in [0.25, 0.3) is 11.5 Å². The number of nitrogens with one attached hydrogen (secondary N) is 2. The average molecular weight is 288 g/mol. The van der Waals surface area contributed by atoms with E-state index in [0.717, 1.165) is 0 Å². The molecule has 1 amide bonds. The van der Waals surface area contributed by atoms with E-state index in [9.17, 15) is 14.4 Å². The van der Waals surface area contributed by atoms with Gasteiger partial charge in [0.15, 0.2) is 5.69 Å². The minimum atomic E-state index is -1.28. The summed E-state index contributed by atoms with van der Waals surface area (Å²) < 4.78 is 0. The van der Waals surface area contributed by atoms with E-state index in [2.05, 4.69) is 20.5 Å². The molecule has 0 atom stereocenters. The van der Waals surface area contributed by atoms with E-state index >= 15 is 0 Å². The molecule has 0 aliphatic carbocycles. The lowest BCUT2D eigenvalue weighted by Crippen LogP contribution is -2.27. The zero-order chi connectivity index (χ0) is 15.6. The fourth-order valence-electron chi connectivity index (χ4n) is 1.76. The van der Waals surface area contributed by atoms with Gasteiger partial charge >= 0.3 is 5.97 Å². The van der Waals surface area contributed by atoms with Gasteiger partial charge in [-0.2, -0.15) is 5.10 Å². The van der Waals surface area contributed by atoms with Crippen LogP contribution in [0, 0.1) is 13.8 Å². The summed E-state index contributed by atoms with van der Waals surface area (Å²) in [5.74, 6) is -1.99. The number of aromatic carboxylic acids is 1. The van der Waals surface area contributed by atoms with Crippen molar-refractivity contribution in [2.45, 2.75) is 13.8 Å². The molecule has 0 fully saturated rings. The summed E-state index contributed by atoms with van der Waals surface area (Å²) in [5.41, 5.74) is -0.102. The number of hydrogen-bond donors (Lipinski definition) is 3. The molecule has 108 valence electrons. The van der Waals surface area contributed by atoms with E-state index in [1.807, 2.05) is 0 Å². The van der Waals surface area contributed by atoms with Crippen molar-refractivity contribution in [3.8, 4) is 0 Å². The molecule has 0 aliphatic heterocycles. The Morgan fingerprint density at radius 2 is 2.05 bits per heavy atom. The molecule has 0 aliphatic rings. The molecule has 2 aromatic heterocycles. The summed E-state index contributed by atoms with van der Waals surface area (Å²) in [7, 11) is 0. The van der Waals surface area contributed by atoms with Gasteiger partial charge in [-0.25, -0.2) is 14.9 Å². The number of aromatic nitrogens is 3. The number of hydrogen-bond acceptors (Lipinski definition) is 5. The summed E-state index contributed by atoms with van der Waals surface area (Å²) in [4.78, 5) is 38.6. The highest BCUT2D eigenvalue weighted by Gasteiger charge is 2.19. The number of pyridine rings is 1. The zero-order valence-corrected chi connectivity index (χ0v) is 11.3. The van der Waals surface area contributed by atoms with Crippen LogP contribution in [0.15, 0.2) is 23.1 Å². The molecule has 8 nitrogen and oxygen atoms in total. The summed E-state index contributed by atoms with van der Waals surface area (Å²) in [6.45, 7) is 3.24. The second kappa shape index (κ2) is 5.53. The molecule has 8 heteroatoms. The SMILES string of the molecule is Cc1n[nH]c(=O)c(C(=O)Nc2cccnc2C(=O)O)c1C. The number of anilines is 1. The van der Waals surface area contributed by atoms with Crippen molar-refractivity contribution in [1.29, 1.82) is 0 Å². The summed E-state index contributed by atoms with van der Waals surface area (Å²) in [6, 6.07) is 2.88. The average Bonchev–Trinajstić information content (AvgIpc) is 2.43. The number of rotatable bonds is 3. The highest BCUT2D eigenvalue weighted by atomic mass is 16.4. The van der Waals surface area contributed by atoms with Crippen LogP contribution < -0.4 is 10.9 Å². The number of carboxylic acids is 1. The molecule has 0 spiro atoms. The fraction of sp³-hybridized carbons (Fsp3) is 0.154. The maximum absolute atomic E-state index is 12.2. The molecule has 0 saturated carbocycles. The monoisotopic (exact) mass is 288 g/mol. The van der Waals surface area contributed by atoms with Crippen LogP contribution >= 0.6 is 0 Å². The summed E-state index contributed by atoms with van der Waals surface area (Å²) in [6.07, 6.45) is 1.30. The second-order valence-electron chi connectivity index (χ2n) is 4.30. The number of H-pyrrole nitrogens is 1. The number of carbonyl (C=O) groups is 2. The number of aromatic amines is 1. The highest BCUT2D eigenvalue weighted by Crippen LogP contribution is 2.14. The topological polar surface area (TPSA) is 125 Å². The van der Waals surface area contributed by atoms with Gasteiger partial charge < -0.3 is 10.4 Å². The Balaban J connectivity index is 2.43. The van der Waals surface area contributed by atoms with Crippen molar-refractivity contribution in [2.75, 3.05) is 5.32 Å². The van der Waals surface area contributed by atoms with Gasteiger partial charge in [0.2, 0.25) is 0 Å². The van der Waals surface area contributed by atoms with Gasteiger partial charge in [0.05, 0.1) is 11.4 Å². The molecule has 2 aromatic rings. The summed E-state index contributed by atoms with van der Waals surface area (Å²) >= 11 is 0. The first-order chi connectivity index (χ1) is 9.91. The van der Waals surface area contributed by atoms with Crippen LogP contribution in [0.1, 0.15) is 32.1 Å². The van der Waals surface area contributed by atoms with Gasteiger partial charge in [0, 0.05) is 6.20 Å². The van der Waals surface area contributed by atoms with E-state index in [1.165, 1.54) is 18.3 Å². The molecule has 2 rings (SSSR count). The Morgan fingerprint density at radius 1 is 1.33 bits per heavy atom. The minimum absolute atomic E-state index is 0.0169. The molecule has 0 unspecified atom stereocenters. The molecule has 2 heterocycles. The number of nitrogens with zero attached hydrogens (tertiary/aromatic N) is 2. The third-order valence-corrected chi connectivity index (χ3v) is 2.96. The predicted molar refractivity (Wildman–Crippen MR) is 73.5 cm³/mol. The van der Waals surface area contributed by atoms with E-state index in [-0.39, 0.29) is 16.9 Å². The maximum Gasteiger partial charge on any atom is 0.356 e. The smallest absolute Gasteiger partial charge is 0.356 e. The van der Waals surface area contributed by atoms with Crippen molar-refractivity contribution in [3.05, 3.63) is 51.2 Å². The Kier molecular flexibility index (Phi) is 3.79. The van der Waals surface area contributed by atoms with Crippen LogP contribution in [-0.2, 0) is 0 Å². The number of carbonyl (C=O) groups excluding carboxylic acids is 1. The van der Waals surface area contributed by atoms with E-state index in [0.29, 0.717) is 11.3 Å². The maximum atomic E-state index is 12.2. The zero-order valence-electron chi connectivity index (χ0n) is 11.3. The van der Waals surface area contributed by atoms with Crippen molar-refractivity contribution in [1.82, 2.24) is 15.2 Å². The van der Waals surface area contributed by atoms with Crippen LogP contribution in [-0.4, -0.2) is 32.2 Å². The van der Waals surface area contributed by atoms with Crippen molar-refractivity contribution in [2.24, 2.45) is 0 Å². The van der Waals surface area contributed by atoms with E-state index in [4.69, 9.17) is 5.11 Å². The number of amides is 1. The molecule has 3 N–H and O–H groups in total. The Bertz CT molecular complexity index is 782. The molecule has 0 bridgehead atoms. The molecule has 0 radical (unpaired) electrons. The third kappa shape index (κ3) is 2.78. The first-order valence-corrected chi connectivity index (χ1v) is 5.97. The lowest BCUT2D eigenvalue weighted by Gasteiger charge is -2.09. The first-order valence-electron chi connectivity index (χ1n) is 5.97. The molecule has 0 saturated heterocycles. The lowest BCUT2D eigenvalue weighted by molar-refractivity contribution is 0.0691. The fourth-order valence-corrected chi connectivity index (χ4v) is 1.76. The van der Waals surface area contributed by atoms with Gasteiger partial charge in [-0.05, 0) is 31.5 Å². The van der Waals surface area contributed by atoms with Crippen LogP contribution in [0.3, 0.4) is 0 Å². The third-order valence-electron chi connectivity index (χ3n) is 2.96. The van der Waals surface area contributed by atoms with E-state index < -0.39 is 17.4 Å². The summed E-state index contributed by atoms with van der Waals surface area (Å²) in [5, 5.41) is 17.4. The van der Waals surface area contributed by atoms with Crippen LogP contribution in [0.5, 0.6) is 0 Å².